The van der Waals surface area contributed by atoms with Crippen molar-refractivity contribution in [2.24, 2.45) is 4.99 Å². The van der Waals surface area contributed by atoms with Gasteiger partial charge in [0.25, 0.3) is 0 Å². The number of hydrogen-bond donors (Lipinski definition) is 0. The zero-order chi connectivity index (χ0) is 23.8. The Morgan fingerprint density at radius 3 is 2.27 bits per heavy atom. The highest BCUT2D eigenvalue weighted by molar-refractivity contribution is 8.03. The first-order valence-electron chi connectivity index (χ1n) is 11.5. The number of aliphatic imine (C=N–C) groups is 1. The summed E-state index contributed by atoms with van der Waals surface area (Å²) in [5, 5.41) is 0.962. The van der Waals surface area contributed by atoms with E-state index in [1.165, 1.54) is 22.6 Å². The molecular formula is C28H32FN3S. The summed E-state index contributed by atoms with van der Waals surface area (Å²) in [6.07, 6.45) is 3.65. The molecule has 172 valence electrons. The summed E-state index contributed by atoms with van der Waals surface area (Å²) in [7, 11) is 2.09. The minimum absolute atomic E-state index is 0.232. The number of benzene rings is 2. The molecule has 3 nitrogen and oxygen atoms in total. The predicted octanol–water partition coefficient (Wildman–Crippen LogP) is 7.45. The number of halogens is 1. The molecule has 3 aromatic rings. The number of thioether (sulfide) groups is 1. The van der Waals surface area contributed by atoms with Gasteiger partial charge in [0, 0.05) is 30.3 Å². The Morgan fingerprint density at radius 2 is 1.67 bits per heavy atom. The van der Waals surface area contributed by atoms with Crippen LogP contribution < -0.4 is 4.90 Å². The third-order valence-electron chi connectivity index (χ3n) is 5.38. The second-order valence-corrected chi connectivity index (χ2v) is 8.88. The molecule has 1 aliphatic heterocycles. The molecular weight excluding hydrogens is 429 g/mol. The van der Waals surface area contributed by atoms with Crippen LogP contribution in [0.25, 0.3) is 0 Å². The van der Waals surface area contributed by atoms with Crippen molar-refractivity contribution in [2.75, 3.05) is 18.5 Å². The third kappa shape index (κ3) is 6.55. The summed E-state index contributed by atoms with van der Waals surface area (Å²) in [5.74, 6) is -0.232. The Bertz CT molecular complexity index is 1100. The monoisotopic (exact) mass is 461 g/mol. The van der Waals surface area contributed by atoms with Crippen LogP contribution in [0.4, 0.5) is 10.1 Å². The number of pyridine rings is 1. The Kier molecular flexibility index (Phi) is 8.84. The van der Waals surface area contributed by atoms with Gasteiger partial charge in [0.15, 0.2) is 0 Å². The quantitative estimate of drug-likeness (QED) is 0.366. The SMILES string of the molecule is CC.CCc1ccc(N(C)CC2=C(Sc3ccc(C)cn3)CC(c3ccc(F)cc3)=N2)cc1. The van der Waals surface area contributed by atoms with Gasteiger partial charge in [0.1, 0.15) is 10.8 Å². The Balaban J connectivity index is 0.00000149. The van der Waals surface area contributed by atoms with Crippen molar-refractivity contribution in [3.05, 3.63) is 100.0 Å². The fourth-order valence-corrected chi connectivity index (χ4v) is 4.42. The van der Waals surface area contributed by atoms with Crippen LogP contribution in [-0.4, -0.2) is 24.3 Å². The van der Waals surface area contributed by atoms with E-state index in [1.807, 2.05) is 33.0 Å². The van der Waals surface area contributed by atoms with Crippen molar-refractivity contribution in [2.45, 2.75) is 45.6 Å². The summed E-state index contributed by atoms with van der Waals surface area (Å²) < 4.78 is 13.4. The summed E-state index contributed by atoms with van der Waals surface area (Å²) in [4.78, 5) is 12.9. The van der Waals surface area contributed by atoms with Gasteiger partial charge in [-0.05, 0) is 60.4 Å². The lowest BCUT2D eigenvalue weighted by molar-refractivity contribution is 0.628. The van der Waals surface area contributed by atoms with Gasteiger partial charge in [0.05, 0.1) is 18.0 Å². The number of allylic oxidation sites excluding steroid dienone is 1. The zero-order valence-electron chi connectivity index (χ0n) is 20.1. The number of hydrogen-bond acceptors (Lipinski definition) is 4. The molecule has 4 rings (SSSR count). The van der Waals surface area contributed by atoms with E-state index in [9.17, 15) is 4.39 Å². The molecule has 0 saturated heterocycles. The molecule has 0 saturated carbocycles. The summed E-state index contributed by atoms with van der Waals surface area (Å²) >= 11 is 1.67. The topological polar surface area (TPSA) is 28.5 Å². The van der Waals surface area contributed by atoms with Crippen molar-refractivity contribution in [3.63, 3.8) is 0 Å². The number of aromatic nitrogens is 1. The molecule has 5 heteroatoms. The van der Waals surface area contributed by atoms with Gasteiger partial charge in [0.2, 0.25) is 0 Å². The van der Waals surface area contributed by atoms with Crippen LogP contribution in [0.1, 0.15) is 43.9 Å². The molecule has 0 fully saturated rings. The van der Waals surface area contributed by atoms with Crippen molar-refractivity contribution in [1.29, 1.82) is 0 Å². The molecule has 0 N–H and O–H groups in total. The first-order valence-corrected chi connectivity index (χ1v) is 12.3. The van der Waals surface area contributed by atoms with E-state index in [1.54, 1.807) is 23.9 Å². The van der Waals surface area contributed by atoms with E-state index in [2.05, 4.69) is 54.2 Å². The van der Waals surface area contributed by atoms with Gasteiger partial charge in [-0.2, -0.15) is 0 Å². The molecule has 1 aliphatic rings. The van der Waals surface area contributed by atoms with Crippen LogP contribution in [0.15, 0.2) is 87.5 Å². The fraction of sp³-hybridized carbons (Fsp3) is 0.286. The fourth-order valence-electron chi connectivity index (χ4n) is 3.49. The Labute approximate surface area is 201 Å². The number of anilines is 1. The smallest absolute Gasteiger partial charge is 0.123 e. The van der Waals surface area contributed by atoms with E-state index < -0.39 is 0 Å². The van der Waals surface area contributed by atoms with Gasteiger partial charge >= 0.3 is 0 Å². The highest BCUT2D eigenvalue weighted by atomic mass is 32.2. The maximum atomic E-state index is 13.4. The van der Waals surface area contributed by atoms with Crippen molar-refractivity contribution in [3.8, 4) is 0 Å². The first kappa shape index (κ1) is 24.7. The molecule has 0 amide bonds. The van der Waals surface area contributed by atoms with Gasteiger partial charge < -0.3 is 4.90 Å². The highest BCUT2D eigenvalue weighted by Crippen LogP contribution is 2.36. The summed E-state index contributed by atoms with van der Waals surface area (Å²) in [6, 6.07) is 19.4. The van der Waals surface area contributed by atoms with Gasteiger partial charge in [-0.25, -0.2) is 9.37 Å². The van der Waals surface area contributed by atoms with E-state index >= 15 is 0 Å². The molecule has 0 bridgehead atoms. The lowest BCUT2D eigenvalue weighted by Crippen LogP contribution is -2.19. The van der Waals surface area contributed by atoms with Crippen LogP contribution in [0.2, 0.25) is 0 Å². The van der Waals surface area contributed by atoms with Crippen LogP contribution in [0.5, 0.6) is 0 Å². The molecule has 0 radical (unpaired) electrons. The van der Waals surface area contributed by atoms with Crippen LogP contribution in [-0.2, 0) is 6.42 Å². The van der Waals surface area contributed by atoms with Crippen LogP contribution >= 0.6 is 11.8 Å². The lowest BCUT2D eigenvalue weighted by Gasteiger charge is -2.20. The predicted molar refractivity (Wildman–Crippen MR) is 140 cm³/mol. The lowest BCUT2D eigenvalue weighted by atomic mass is 10.1. The maximum Gasteiger partial charge on any atom is 0.123 e. The minimum atomic E-state index is -0.232. The average molecular weight is 462 g/mol. The van der Waals surface area contributed by atoms with E-state index in [0.29, 0.717) is 6.54 Å². The number of aryl methyl sites for hydroxylation is 2. The van der Waals surface area contributed by atoms with Gasteiger partial charge in [-0.3, -0.25) is 4.99 Å². The second-order valence-electron chi connectivity index (χ2n) is 7.76. The molecule has 33 heavy (non-hydrogen) atoms. The van der Waals surface area contributed by atoms with E-state index in [4.69, 9.17) is 4.99 Å². The van der Waals surface area contributed by atoms with E-state index in [-0.39, 0.29) is 5.82 Å². The summed E-state index contributed by atoms with van der Waals surface area (Å²) in [5.41, 5.74) is 6.60. The molecule has 0 aliphatic carbocycles. The number of nitrogens with zero attached hydrogens (tertiary/aromatic N) is 3. The Morgan fingerprint density at radius 1 is 0.970 bits per heavy atom. The second kappa shape index (κ2) is 11.8. The third-order valence-corrected chi connectivity index (χ3v) is 6.46. The molecule has 0 unspecified atom stereocenters. The molecule has 0 spiro atoms. The normalized spacial score (nSPS) is 12.8. The molecule has 2 heterocycles. The molecule has 1 aromatic heterocycles. The van der Waals surface area contributed by atoms with Crippen molar-refractivity contribution in [1.82, 2.24) is 4.98 Å². The maximum absolute atomic E-state index is 13.4. The van der Waals surface area contributed by atoms with Gasteiger partial charge in [-0.15, -0.1) is 0 Å². The minimum Gasteiger partial charge on any atom is -0.369 e. The largest absolute Gasteiger partial charge is 0.369 e. The average Bonchev–Trinajstić information content (AvgIpc) is 3.24. The zero-order valence-corrected chi connectivity index (χ0v) is 20.9. The van der Waals surface area contributed by atoms with Crippen molar-refractivity contribution >= 4 is 23.2 Å². The van der Waals surface area contributed by atoms with Gasteiger partial charge in [-0.1, -0.05) is 62.9 Å². The standard InChI is InChI=1S/C26H26FN3S.C2H6/c1-4-19-6-12-22(13-7-19)30(3)17-24-25(31-26-14-5-18(2)16-28-26)15-23(29-24)20-8-10-21(27)11-9-20;1-2/h5-14,16H,4,15,17H2,1-3H3;1-2H3. The number of rotatable bonds is 7. The first-order chi connectivity index (χ1) is 16.0. The highest BCUT2D eigenvalue weighted by Gasteiger charge is 2.22. The van der Waals surface area contributed by atoms with E-state index in [0.717, 1.165) is 46.1 Å². The molecule has 0 atom stereocenters. The van der Waals surface area contributed by atoms with Crippen molar-refractivity contribution < 1.29 is 4.39 Å². The summed E-state index contributed by atoms with van der Waals surface area (Å²) in [6.45, 7) is 8.90. The Hall–Kier alpha value is -2.92. The molecule has 2 aromatic carbocycles. The van der Waals surface area contributed by atoms with Crippen LogP contribution in [0.3, 0.4) is 0 Å². The number of likely N-dealkylation sites (N-methyl/N-ethyl adjacent to an activating group) is 1. The van der Waals surface area contributed by atoms with Crippen LogP contribution in [0, 0.1) is 12.7 Å².